The van der Waals surface area contributed by atoms with Crippen molar-refractivity contribution in [2.75, 3.05) is 19.6 Å². The van der Waals surface area contributed by atoms with Crippen LogP contribution in [0.4, 0.5) is 0 Å². The van der Waals surface area contributed by atoms with E-state index >= 15 is 0 Å². The van der Waals surface area contributed by atoms with Crippen LogP contribution in [0.25, 0.3) is 0 Å². The fraction of sp³-hybridized carbons (Fsp3) is 0.636. The zero-order valence-electron chi connectivity index (χ0n) is 9.86. The van der Waals surface area contributed by atoms with Crippen LogP contribution < -0.4 is 5.32 Å². The molecule has 0 unspecified atom stereocenters. The number of carbonyl (C=O) groups excluding carboxylic acids is 1. The smallest absolute Gasteiger partial charge is 0.236 e. The van der Waals surface area contributed by atoms with E-state index in [1.54, 1.807) is 0 Å². The van der Waals surface area contributed by atoms with E-state index in [1.165, 1.54) is 0 Å². The molecule has 16 heavy (non-hydrogen) atoms. The molecule has 1 fully saturated rings. The van der Waals surface area contributed by atoms with E-state index in [-0.39, 0.29) is 5.91 Å². The van der Waals surface area contributed by atoms with E-state index in [0.717, 1.165) is 30.9 Å². The molecule has 0 bridgehead atoms. The van der Waals surface area contributed by atoms with Crippen LogP contribution in [0.15, 0.2) is 6.07 Å². The molecule has 0 saturated carbocycles. The van der Waals surface area contributed by atoms with Crippen LogP contribution in [0, 0.1) is 0 Å². The first-order chi connectivity index (χ1) is 7.70. The van der Waals surface area contributed by atoms with Gasteiger partial charge in [0.2, 0.25) is 5.91 Å². The number of nitrogens with zero attached hydrogens (tertiary/aromatic N) is 3. The molecule has 1 aliphatic heterocycles. The van der Waals surface area contributed by atoms with Gasteiger partial charge in [-0.2, -0.15) is 5.10 Å². The Hall–Kier alpha value is -1.36. The van der Waals surface area contributed by atoms with E-state index in [0.29, 0.717) is 13.1 Å². The summed E-state index contributed by atoms with van der Waals surface area (Å²) < 4.78 is 1.87. The highest BCUT2D eigenvalue weighted by Gasteiger charge is 2.19. The number of nitrogens with one attached hydrogen (secondary N) is 1. The zero-order chi connectivity index (χ0) is 11.5. The van der Waals surface area contributed by atoms with E-state index in [4.69, 9.17) is 0 Å². The molecule has 1 aromatic rings. The van der Waals surface area contributed by atoms with Gasteiger partial charge in [-0.3, -0.25) is 9.48 Å². The molecular formula is C11H18N4O. The second-order valence-corrected chi connectivity index (χ2v) is 4.10. The van der Waals surface area contributed by atoms with Gasteiger partial charge in [0, 0.05) is 20.1 Å². The fourth-order valence-electron chi connectivity index (χ4n) is 1.90. The Morgan fingerprint density at radius 1 is 1.56 bits per heavy atom. The van der Waals surface area contributed by atoms with E-state index in [1.807, 2.05) is 16.6 Å². The molecule has 0 radical (unpaired) electrons. The quantitative estimate of drug-likeness (QED) is 0.778. The number of hydrogen-bond donors (Lipinski definition) is 1. The Kier molecular flexibility index (Phi) is 3.24. The molecule has 1 aromatic heterocycles. The zero-order valence-corrected chi connectivity index (χ0v) is 9.86. The monoisotopic (exact) mass is 222 g/mol. The van der Waals surface area contributed by atoms with Crippen LogP contribution in [0.5, 0.6) is 0 Å². The van der Waals surface area contributed by atoms with Gasteiger partial charge >= 0.3 is 0 Å². The molecule has 5 heteroatoms. The summed E-state index contributed by atoms with van der Waals surface area (Å²) in [6.45, 7) is 4.88. The fourth-order valence-corrected chi connectivity index (χ4v) is 1.90. The summed E-state index contributed by atoms with van der Waals surface area (Å²) in [4.78, 5) is 13.5. The van der Waals surface area contributed by atoms with E-state index in [9.17, 15) is 4.79 Å². The van der Waals surface area contributed by atoms with Crippen LogP contribution in [-0.4, -0.2) is 40.2 Å². The lowest BCUT2D eigenvalue weighted by Gasteiger charge is -2.27. The van der Waals surface area contributed by atoms with Gasteiger partial charge in [0.15, 0.2) is 0 Å². The van der Waals surface area contributed by atoms with Gasteiger partial charge in [0.05, 0.1) is 24.5 Å². The summed E-state index contributed by atoms with van der Waals surface area (Å²) in [6, 6.07) is 2.08. The predicted molar refractivity (Wildman–Crippen MR) is 60.9 cm³/mol. The van der Waals surface area contributed by atoms with Gasteiger partial charge in [0.1, 0.15) is 0 Å². The van der Waals surface area contributed by atoms with Crippen LogP contribution in [0.2, 0.25) is 0 Å². The number of rotatable bonds is 3. The maximum atomic E-state index is 11.6. The molecule has 1 saturated heterocycles. The minimum atomic E-state index is 0.172. The maximum Gasteiger partial charge on any atom is 0.236 e. The van der Waals surface area contributed by atoms with Crippen molar-refractivity contribution in [1.29, 1.82) is 0 Å². The number of aromatic nitrogens is 2. The SMILES string of the molecule is CCc1cc(CN2CCNCC2=O)n(C)n1. The van der Waals surface area contributed by atoms with Crippen LogP contribution in [-0.2, 0) is 24.8 Å². The summed E-state index contributed by atoms with van der Waals surface area (Å²) in [5, 5.41) is 7.45. The van der Waals surface area contributed by atoms with Gasteiger partial charge in [0.25, 0.3) is 0 Å². The Labute approximate surface area is 95.4 Å². The molecule has 0 aliphatic carbocycles. The summed E-state index contributed by atoms with van der Waals surface area (Å²) in [5.41, 5.74) is 2.19. The number of carbonyl (C=O) groups is 1. The molecule has 0 aromatic carbocycles. The summed E-state index contributed by atoms with van der Waals surface area (Å²) in [7, 11) is 1.93. The van der Waals surface area contributed by atoms with Crippen molar-refractivity contribution in [1.82, 2.24) is 20.0 Å². The first kappa shape index (κ1) is 11.1. The molecular weight excluding hydrogens is 204 g/mol. The lowest BCUT2D eigenvalue weighted by Crippen LogP contribution is -2.47. The maximum absolute atomic E-state index is 11.6. The molecule has 5 nitrogen and oxygen atoms in total. The molecule has 88 valence electrons. The van der Waals surface area contributed by atoms with E-state index < -0.39 is 0 Å². The van der Waals surface area contributed by atoms with Crippen LogP contribution >= 0.6 is 0 Å². The van der Waals surface area contributed by atoms with Gasteiger partial charge in [-0.05, 0) is 12.5 Å². The largest absolute Gasteiger partial charge is 0.334 e. The highest BCUT2D eigenvalue weighted by Crippen LogP contribution is 2.08. The van der Waals surface area contributed by atoms with Crippen molar-refractivity contribution in [3.05, 3.63) is 17.5 Å². The Morgan fingerprint density at radius 3 is 3.00 bits per heavy atom. The van der Waals surface area contributed by atoms with Crippen LogP contribution in [0.1, 0.15) is 18.3 Å². The first-order valence-electron chi connectivity index (χ1n) is 5.71. The van der Waals surface area contributed by atoms with Crippen molar-refractivity contribution in [2.24, 2.45) is 7.05 Å². The molecule has 2 rings (SSSR count). The number of aryl methyl sites for hydroxylation is 2. The average molecular weight is 222 g/mol. The van der Waals surface area contributed by atoms with E-state index in [2.05, 4.69) is 23.4 Å². The second kappa shape index (κ2) is 4.65. The summed E-state index contributed by atoms with van der Waals surface area (Å²) in [6.07, 6.45) is 0.934. The number of hydrogen-bond acceptors (Lipinski definition) is 3. The average Bonchev–Trinajstić information content (AvgIpc) is 2.63. The number of amides is 1. The number of piperazine rings is 1. The Balaban J connectivity index is 2.07. The van der Waals surface area contributed by atoms with Gasteiger partial charge in [-0.15, -0.1) is 0 Å². The Bertz CT molecular complexity index is 385. The van der Waals surface area contributed by atoms with Crippen molar-refractivity contribution in [3.8, 4) is 0 Å². The van der Waals surface area contributed by atoms with Gasteiger partial charge in [-0.25, -0.2) is 0 Å². The minimum absolute atomic E-state index is 0.172. The Morgan fingerprint density at radius 2 is 2.38 bits per heavy atom. The van der Waals surface area contributed by atoms with Gasteiger partial charge < -0.3 is 10.2 Å². The third kappa shape index (κ3) is 2.24. The third-order valence-corrected chi connectivity index (χ3v) is 2.93. The molecule has 0 spiro atoms. The lowest BCUT2D eigenvalue weighted by atomic mass is 10.2. The minimum Gasteiger partial charge on any atom is -0.334 e. The van der Waals surface area contributed by atoms with Crippen molar-refractivity contribution in [2.45, 2.75) is 19.9 Å². The molecule has 1 amide bonds. The van der Waals surface area contributed by atoms with Crippen molar-refractivity contribution >= 4 is 5.91 Å². The van der Waals surface area contributed by atoms with Crippen molar-refractivity contribution in [3.63, 3.8) is 0 Å². The van der Waals surface area contributed by atoms with Gasteiger partial charge in [-0.1, -0.05) is 6.92 Å². The van der Waals surface area contributed by atoms with Crippen molar-refractivity contribution < 1.29 is 4.79 Å². The highest BCUT2D eigenvalue weighted by molar-refractivity contribution is 5.78. The molecule has 1 N–H and O–H groups in total. The summed E-state index contributed by atoms with van der Waals surface area (Å²) in [5.74, 6) is 0.172. The summed E-state index contributed by atoms with van der Waals surface area (Å²) >= 11 is 0. The molecule has 1 aliphatic rings. The predicted octanol–water partition coefficient (Wildman–Crippen LogP) is -0.0857. The molecule has 0 atom stereocenters. The standard InChI is InChI=1S/C11H18N4O/c1-3-9-6-10(14(2)13-9)8-15-5-4-12-7-11(15)16/h6,12H,3-5,7-8H2,1-2H3. The lowest BCUT2D eigenvalue weighted by molar-refractivity contribution is -0.132. The third-order valence-electron chi connectivity index (χ3n) is 2.93. The topological polar surface area (TPSA) is 50.2 Å². The first-order valence-corrected chi connectivity index (χ1v) is 5.71. The molecule has 2 heterocycles. The normalized spacial score (nSPS) is 16.9. The van der Waals surface area contributed by atoms with Crippen LogP contribution in [0.3, 0.4) is 0 Å². The highest BCUT2D eigenvalue weighted by atomic mass is 16.2. The second-order valence-electron chi connectivity index (χ2n) is 4.10.